The zero-order valence-electron chi connectivity index (χ0n) is 14.1. The van der Waals surface area contributed by atoms with Crippen LogP contribution in [0.3, 0.4) is 0 Å². The highest BCUT2D eigenvalue weighted by Crippen LogP contribution is 2.26. The van der Waals surface area contributed by atoms with E-state index in [9.17, 15) is 4.79 Å². The molecule has 0 radical (unpaired) electrons. The lowest BCUT2D eigenvalue weighted by Crippen LogP contribution is -2.40. The van der Waals surface area contributed by atoms with E-state index in [4.69, 9.17) is 16.3 Å². The zero-order chi connectivity index (χ0) is 18.4. The van der Waals surface area contributed by atoms with Gasteiger partial charge in [0.2, 0.25) is 5.28 Å². The Morgan fingerprint density at radius 2 is 1.88 bits per heavy atom. The molecule has 3 rings (SSSR count). The monoisotopic (exact) mass is 438 g/mol. The summed E-state index contributed by atoms with van der Waals surface area (Å²) >= 11 is 9.26. The fourth-order valence-corrected chi connectivity index (χ4v) is 3.39. The second kappa shape index (κ2) is 9.19. The van der Waals surface area contributed by atoms with Gasteiger partial charge >= 0.3 is 6.09 Å². The fourth-order valence-electron chi connectivity index (χ4n) is 2.95. The van der Waals surface area contributed by atoms with Crippen molar-refractivity contribution in [2.45, 2.75) is 44.4 Å². The van der Waals surface area contributed by atoms with Gasteiger partial charge in [-0.25, -0.2) is 9.78 Å². The van der Waals surface area contributed by atoms with Crippen LogP contribution in [0.5, 0.6) is 0 Å². The molecule has 1 fully saturated rings. The van der Waals surface area contributed by atoms with Crippen molar-refractivity contribution < 1.29 is 9.53 Å². The first kappa shape index (κ1) is 18.9. The number of rotatable bonds is 5. The first-order chi connectivity index (χ1) is 12.6. The highest BCUT2D eigenvalue weighted by molar-refractivity contribution is 9.10. The van der Waals surface area contributed by atoms with E-state index < -0.39 is 0 Å². The molecule has 1 heterocycles. The summed E-state index contributed by atoms with van der Waals surface area (Å²) in [6.07, 6.45) is 4.89. The summed E-state index contributed by atoms with van der Waals surface area (Å²) in [5, 5.41) is 6.55. The summed E-state index contributed by atoms with van der Waals surface area (Å²) in [4.78, 5) is 20.1. The molecule has 1 amide bonds. The minimum atomic E-state index is -0.365. The van der Waals surface area contributed by atoms with Crippen LogP contribution in [-0.2, 0) is 11.3 Å². The molecule has 1 saturated carbocycles. The molecular weight excluding hydrogens is 420 g/mol. The van der Waals surface area contributed by atoms with Crippen molar-refractivity contribution in [2.75, 3.05) is 5.32 Å². The molecule has 0 unspecified atom stereocenters. The van der Waals surface area contributed by atoms with Gasteiger partial charge in [0.25, 0.3) is 0 Å². The molecule has 8 heteroatoms. The van der Waals surface area contributed by atoms with E-state index >= 15 is 0 Å². The van der Waals surface area contributed by atoms with Crippen LogP contribution < -0.4 is 10.6 Å². The first-order valence-corrected chi connectivity index (χ1v) is 9.69. The van der Waals surface area contributed by atoms with Crippen LogP contribution in [0.15, 0.2) is 41.0 Å². The van der Waals surface area contributed by atoms with Crippen molar-refractivity contribution in [1.82, 2.24) is 15.3 Å². The molecule has 0 atom stereocenters. The molecule has 2 aromatic rings. The van der Waals surface area contributed by atoms with Gasteiger partial charge in [0.05, 0.1) is 4.47 Å². The maximum absolute atomic E-state index is 12.0. The molecule has 2 N–H and O–H groups in total. The highest BCUT2D eigenvalue weighted by atomic mass is 79.9. The number of ether oxygens (including phenoxy) is 1. The van der Waals surface area contributed by atoms with Crippen molar-refractivity contribution in [3.63, 3.8) is 0 Å². The average Bonchev–Trinajstić information content (AvgIpc) is 2.65. The summed E-state index contributed by atoms with van der Waals surface area (Å²) in [6.45, 7) is 0.284. The lowest BCUT2D eigenvalue weighted by Gasteiger charge is -2.29. The number of halogens is 2. The zero-order valence-corrected chi connectivity index (χ0v) is 16.5. The molecule has 1 aromatic heterocycles. The van der Waals surface area contributed by atoms with E-state index in [2.05, 4.69) is 36.5 Å². The standard InChI is InChI=1S/C18H20BrClN4O2/c19-15-10-21-17(20)24-16(15)22-13-6-8-14(9-7-13)23-18(25)26-11-12-4-2-1-3-5-12/h1-5,10,13-14H,6-9,11H2,(H,23,25)(H,21,22,24). The molecule has 138 valence electrons. The number of alkyl carbamates (subject to hydrolysis) is 1. The Bertz CT molecular complexity index is 739. The molecule has 1 aromatic carbocycles. The van der Waals surface area contributed by atoms with Gasteiger partial charge in [0.1, 0.15) is 12.4 Å². The second-order valence-corrected chi connectivity index (χ2v) is 7.43. The molecule has 6 nitrogen and oxygen atoms in total. The largest absolute Gasteiger partial charge is 0.445 e. The molecule has 1 aliphatic rings. The maximum atomic E-state index is 12.0. The van der Waals surface area contributed by atoms with E-state index in [1.807, 2.05) is 30.3 Å². The third-order valence-electron chi connectivity index (χ3n) is 4.32. The number of hydrogen-bond donors (Lipinski definition) is 2. The Labute approximate surface area is 165 Å². The molecule has 26 heavy (non-hydrogen) atoms. The van der Waals surface area contributed by atoms with Gasteiger partial charge < -0.3 is 15.4 Å². The SMILES string of the molecule is O=C(NC1CCC(Nc2nc(Cl)ncc2Br)CC1)OCc1ccccc1. The number of carbonyl (C=O) groups is 1. The summed E-state index contributed by atoms with van der Waals surface area (Å²) in [7, 11) is 0. The second-order valence-electron chi connectivity index (χ2n) is 6.23. The number of anilines is 1. The van der Waals surface area contributed by atoms with Gasteiger partial charge in [-0.3, -0.25) is 0 Å². The van der Waals surface area contributed by atoms with Crippen LogP contribution in [-0.4, -0.2) is 28.1 Å². The Kier molecular flexibility index (Phi) is 6.68. The van der Waals surface area contributed by atoms with E-state index in [0.29, 0.717) is 5.82 Å². The molecule has 0 aliphatic heterocycles. The van der Waals surface area contributed by atoms with Crippen molar-refractivity contribution in [3.05, 3.63) is 51.8 Å². The topological polar surface area (TPSA) is 76.1 Å². The number of amides is 1. The Balaban J connectivity index is 1.40. The Morgan fingerprint density at radius 3 is 2.62 bits per heavy atom. The van der Waals surface area contributed by atoms with Crippen LogP contribution >= 0.6 is 27.5 Å². The molecular formula is C18H20BrClN4O2. The number of hydrogen-bond acceptors (Lipinski definition) is 5. The normalized spacial score (nSPS) is 19.6. The van der Waals surface area contributed by atoms with Gasteiger partial charge in [-0.15, -0.1) is 0 Å². The van der Waals surface area contributed by atoms with E-state index in [-0.39, 0.29) is 30.1 Å². The van der Waals surface area contributed by atoms with Crippen LogP contribution in [0.4, 0.5) is 10.6 Å². The van der Waals surface area contributed by atoms with Gasteiger partial charge in [-0.2, -0.15) is 4.98 Å². The summed E-state index contributed by atoms with van der Waals surface area (Å²) in [6, 6.07) is 10.1. The van der Waals surface area contributed by atoms with Gasteiger partial charge in [0.15, 0.2) is 0 Å². The molecule has 0 spiro atoms. The maximum Gasteiger partial charge on any atom is 0.407 e. The van der Waals surface area contributed by atoms with Crippen LogP contribution in [0.1, 0.15) is 31.2 Å². The van der Waals surface area contributed by atoms with Gasteiger partial charge in [0, 0.05) is 18.3 Å². The number of aromatic nitrogens is 2. The predicted molar refractivity (Wildman–Crippen MR) is 104 cm³/mol. The number of carbonyl (C=O) groups excluding carboxylic acids is 1. The molecule has 0 saturated heterocycles. The lowest BCUT2D eigenvalue weighted by molar-refractivity contribution is 0.132. The van der Waals surface area contributed by atoms with E-state index in [1.54, 1.807) is 6.20 Å². The van der Waals surface area contributed by atoms with Crippen molar-refractivity contribution in [1.29, 1.82) is 0 Å². The Morgan fingerprint density at radius 1 is 1.19 bits per heavy atom. The van der Waals surface area contributed by atoms with Crippen LogP contribution in [0.25, 0.3) is 0 Å². The lowest BCUT2D eigenvalue weighted by atomic mass is 9.91. The predicted octanol–water partition coefficient (Wildman–Crippen LogP) is 4.54. The van der Waals surface area contributed by atoms with Gasteiger partial charge in [-0.05, 0) is 58.8 Å². The third-order valence-corrected chi connectivity index (χ3v) is 5.08. The number of nitrogens with zero attached hydrogens (tertiary/aromatic N) is 2. The molecule has 0 bridgehead atoms. The molecule has 1 aliphatic carbocycles. The highest BCUT2D eigenvalue weighted by Gasteiger charge is 2.23. The summed E-state index contributed by atoms with van der Waals surface area (Å²) in [5.74, 6) is 0.698. The summed E-state index contributed by atoms with van der Waals surface area (Å²) in [5.41, 5.74) is 0.977. The smallest absolute Gasteiger partial charge is 0.407 e. The van der Waals surface area contributed by atoms with Crippen molar-refractivity contribution >= 4 is 39.4 Å². The Hall–Kier alpha value is -1.86. The average molecular weight is 440 g/mol. The van der Waals surface area contributed by atoms with Crippen LogP contribution in [0, 0.1) is 0 Å². The number of nitrogens with one attached hydrogen (secondary N) is 2. The number of benzene rings is 1. The third kappa shape index (κ3) is 5.57. The minimum Gasteiger partial charge on any atom is -0.445 e. The van der Waals surface area contributed by atoms with Crippen LogP contribution in [0.2, 0.25) is 5.28 Å². The quantitative estimate of drug-likeness (QED) is 0.669. The van der Waals surface area contributed by atoms with Crippen molar-refractivity contribution in [2.24, 2.45) is 0 Å². The van der Waals surface area contributed by atoms with E-state index in [1.165, 1.54) is 0 Å². The first-order valence-electron chi connectivity index (χ1n) is 8.52. The van der Waals surface area contributed by atoms with Crippen molar-refractivity contribution in [3.8, 4) is 0 Å². The van der Waals surface area contributed by atoms with Gasteiger partial charge in [-0.1, -0.05) is 30.3 Å². The van der Waals surface area contributed by atoms with E-state index in [0.717, 1.165) is 35.7 Å². The fraction of sp³-hybridized carbons (Fsp3) is 0.389. The summed E-state index contributed by atoms with van der Waals surface area (Å²) < 4.78 is 6.06. The minimum absolute atomic E-state index is 0.133.